The van der Waals surface area contributed by atoms with Gasteiger partial charge in [-0.2, -0.15) is 0 Å². The minimum atomic E-state index is -0.212. The average molecular weight is 255 g/mol. The Labute approximate surface area is 112 Å². The fraction of sp³-hybridized carbons (Fsp3) is 0.200. The molecule has 2 N–H and O–H groups in total. The van der Waals surface area contributed by atoms with Crippen LogP contribution in [-0.2, 0) is 0 Å². The van der Waals surface area contributed by atoms with Gasteiger partial charge in [-0.25, -0.2) is 4.79 Å². The van der Waals surface area contributed by atoms with E-state index in [0.29, 0.717) is 12.2 Å². The summed E-state index contributed by atoms with van der Waals surface area (Å²) in [6, 6.07) is 13.5. The topological polar surface area (TPSA) is 54.0 Å². The number of benzene rings is 1. The molecule has 2 aromatic rings. The highest BCUT2D eigenvalue weighted by Gasteiger charge is 2.07. The summed E-state index contributed by atoms with van der Waals surface area (Å²) in [5, 5.41) is 5.59. The molecule has 0 aliphatic carbocycles. The van der Waals surface area contributed by atoms with Gasteiger partial charge in [-0.05, 0) is 23.6 Å². The lowest BCUT2D eigenvalue weighted by Gasteiger charge is -2.13. The summed E-state index contributed by atoms with van der Waals surface area (Å²) in [5.74, 6) is 0.279. The van der Waals surface area contributed by atoms with Crippen LogP contribution < -0.4 is 10.6 Å². The van der Waals surface area contributed by atoms with E-state index in [4.69, 9.17) is 0 Å². The van der Waals surface area contributed by atoms with Crippen molar-refractivity contribution in [2.75, 3.05) is 11.9 Å². The van der Waals surface area contributed by atoms with E-state index in [1.165, 1.54) is 5.56 Å². The monoisotopic (exact) mass is 255 g/mol. The Morgan fingerprint density at radius 1 is 1.21 bits per heavy atom. The molecule has 0 spiro atoms. The van der Waals surface area contributed by atoms with E-state index in [1.54, 1.807) is 24.5 Å². The van der Waals surface area contributed by atoms with E-state index in [0.717, 1.165) is 0 Å². The number of hydrogen-bond acceptors (Lipinski definition) is 2. The first-order chi connectivity index (χ1) is 9.25. The molecule has 98 valence electrons. The number of nitrogens with zero attached hydrogens (tertiary/aromatic N) is 1. The van der Waals surface area contributed by atoms with Crippen LogP contribution in [0.4, 0.5) is 10.5 Å². The summed E-state index contributed by atoms with van der Waals surface area (Å²) in [6.45, 7) is 2.68. The summed E-state index contributed by atoms with van der Waals surface area (Å²) >= 11 is 0. The predicted molar refractivity (Wildman–Crippen MR) is 76.1 cm³/mol. The molecule has 2 rings (SSSR count). The fourth-order valence-electron chi connectivity index (χ4n) is 1.76. The zero-order valence-electron chi connectivity index (χ0n) is 10.8. The third kappa shape index (κ3) is 4.10. The van der Waals surface area contributed by atoms with Crippen molar-refractivity contribution in [2.45, 2.75) is 12.8 Å². The number of aromatic nitrogens is 1. The lowest BCUT2D eigenvalue weighted by molar-refractivity contribution is 0.251. The molecule has 0 aliphatic rings. The summed E-state index contributed by atoms with van der Waals surface area (Å²) in [4.78, 5) is 15.6. The molecule has 0 bridgehead atoms. The van der Waals surface area contributed by atoms with Crippen molar-refractivity contribution < 1.29 is 4.79 Å². The van der Waals surface area contributed by atoms with Gasteiger partial charge < -0.3 is 10.6 Å². The predicted octanol–water partition coefficient (Wildman–Crippen LogP) is 3.01. The maximum Gasteiger partial charge on any atom is 0.319 e. The maximum absolute atomic E-state index is 11.7. The van der Waals surface area contributed by atoms with Gasteiger partial charge in [0.1, 0.15) is 0 Å². The highest BCUT2D eigenvalue weighted by Crippen LogP contribution is 2.13. The molecular formula is C15H17N3O. The molecule has 0 radical (unpaired) electrons. The van der Waals surface area contributed by atoms with E-state index in [2.05, 4.69) is 34.7 Å². The van der Waals surface area contributed by atoms with Crippen molar-refractivity contribution in [3.8, 4) is 0 Å². The van der Waals surface area contributed by atoms with Crippen LogP contribution in [0.25, 0.3) is 0 Å². The second kappa shape index (κ2) is 6.54. The molecule has 4 heteroatoms. The number of amides is 2. The van der Waals surface area contributed by atoms with E-state index < -0.39 is 0 Å². The summed E-state index contributed by atoms with van der Waals surface area (Å²) < 4.78 is 0. The molecule has 1 atom stereocenters. The standard InChI is InChI=1S/C15H17N3O/c1-12(13-6-3-2-4-7-13)10-17-15(19)18-14-8-5-9-16-11-14/h2-9,11-12H,10H2,1H3,(H2,17,18,19)/t12-/m1/s1. The van der Waals surface area contributed by atoms with Crippen LogP contribution in [0.1, 0.15) is 18.4 Å². The van der Waals surface area contributed by atoms with Crippen molar-refractivity contribution in [2.24, 2.45) is 0 Å². The molecule has 2 amide bonds. The second-order valence-electron chi connectivity index (χ2n) is 4.39. The second-order valence-corrected chi connectivity index (χ2v) is 4.39. The number of rotatable bonds is 4. The van der Waals surface area contributed by atoms with Gasteiger partial charge in [0.15, 0.2) is 0 Å². The van der Waals surface area contributed by atoms with Gasteiger partial charge in [0.2, 0.25) is 0 Å². The van der Waals surface area contributed by atoms with Gasteiger partial charge in [0.05, 0.1) is 11.9 Å². The van der Waals surface area contributed by atoms with Crippen LogP contribution in [0, 0.1) is 0 Å². The Bertz CT molecular complexity index is 513. The van der Waals surface area contributed by atoms with Crippen LogP contribution in [0.5, 0.6) is 0 Å². The Balaban J connectivity index is 1.81. The quantitative estimate of drug-likeness (QED) is 0.882. The van der Waals surface area contributed by atoms with Crippen LogP contribution in [-0.4, -0.2) is 17.6 Å². The largest absolute Gasteiger partial charge is 0.337 e. The van der Waals surface area contributed by atoms with E-state index in [1.807, 2.05) is 18.2 Å². The zero-order valence-corrected chi connectivity index (χ0v) is 10.8. The average Bonchev–Trinajstić information content (AvgIpc) is 2.47. The summed E-state index contributed by atoms with van der Waals surface area (Å²) in [6.07, 6.45) is 3.28. The smallest absolute Gasteiger partial charge is 0.319 e. The lowest BCUT2D eigenvalue weighted by atomic mass is 10.0. The van der Waals surface area contributed by atoms with E-state index in [-0.39, 0.29) is 11.9 Å². The van der Waals surface area contributed by atoms with Gasteiger partial charge in [-0.15, -0.1) is 0 Å². The molecule has 1 aromatic heterocycles. The molecule has 4 nitrogen and oxygen atoms in total. The number of urea groups is 1. The normalized spacial score (nSPS) is 11.6. The van der Waals surface area contributed by atoms with Crippen molar-refractivity contribution in [3.05, 3.63) is 60.4 Å². The van der Waals surface area contributed by atoms with Gasteiger partial charge in [0, 0.05) is 12.7 Å². The van der Waals surface area contributed by atoms with Crippen LogP contribution in [0.3, 0.4) is 0 Å². The van der Waals surface area contributed by atoms with Crippen molar-refractivity contribution in [3.63, 3.8) is 0 Å². The number of carbonyl (C=O) groups is 1. The summed E-state index contributed by atoms with van der Waals surface area (Å²) in [7, 11) is 0. The van der Waals surface area contributed by atoms with E-state index >= 15 is 0 Å². The fourth-order valence-corrected chi connectivity index (χ4v) is 1.76. The molecule has 1 aromatic carbocycles. The molecule has 0 saturated heterocycles. The minimum Gasteiger partial charge on any atom is -0.337 e. The summed E-state index contributed by atoms with van der Waals surface area (Å²) in [5.41, 5.74) is 1.90. The van der Waals surface area contributed by atoms with Crippen molar-refractivity contribution in [1.29, 1.82) is 0 Å². The Morgan fingerprint density at radius 3 is 2.68 bits per heavy atom. The lowest BCUT2D eigenvalue weighted by Crippen LogP contribution is -2.31. The highest BCUT2D eigenvalue weighted by atomic mass is 16.2. The number of carbonyl (C=O) groups excluding carboxylic acids is 1. The first kappa shape index (κ1) is 13.1. The van der Waals surface area contributed by atoms with Gasteiger partial charge in [-0.3, -0.25) is 4.98 Å². The van der Waals surface area contributed by atoms with Gasteiger partial charge in [0.25, 0.3) is 0 Å². The molecule has 1 heterocycles. The Hall–Kier alpha value is -2.36. The first-order valence-corrected chi connectivity index (χ1v) is 6.25. The zero-order chi connectivity index (χ0) is 13.5. The third-order valence-electron chi connectivity index (χ3n) is 2.86. The van der Waals surface area contributed by atoms with Crippen molar-refractivity contribution >= 4 is 11.7 Å². The SMILES string of the molecule is C[C@H](CNC(=O)Nc1cccnc1)c1ccccc1. The van der Waals surface area contributed by atoms with Crippen LogP contribution in [0.15, 0.2) is 54.9 Å². The molecule has 19 heavy (non-hydrogen) atoms. The number of nitrogens with one attached hydrogen (secondary N) is 2. The maximum atomic E-state index is 11.7. The van der Waals surface area contributed by atoms with Crippen LogP contribution in [0.2, 0.25) is 0 Å². The van der Waals surface area contributed by atoms with E-state index in [9.17, 15) is 4.79 Å². The van der Waals surface area contributed by atoms with Crippen molar-refractivity contribution in [1.82, 2.24) is 10.3 Å². The van der Waals surface area contributed by atoms with Gasteiger partial charge in [-0.1, -0.05) is 37.3 Å². The Kier molecular flexibility index (Phi) is 4.50. The number of hydrogen-bond donors (Lipinski definition) is 2. The molecule has 0 fully saturated rings. The number of anilines is 1. The van der Waals surface area contributed by atoms with Gasteiger partial charge >= 0.3 is 6.03 Å². The minimum absolute atomic E-state index is 0.212. The number of pyridine rings is 1. The first-order valence-electron chi connectivity index (χ1n) is 6.25. The molecule has 0 unspecified atom stereocenters. The Morgan fingerprint density at radius 2 is 2.00 bits per heavy atom. The molecule has 0 saturated carbocycles. The van der Waals surface area contributed by atoms with Crippen LogP contribution >= 0.6 is 0 Å². The highest BCUT2D eigenvalue weighted by molar-refractivity contribution is 5.88. The molecular weight excluding hydrogens is 238 g/mol. The molecule has 0 aliphatic heterocycles. The third-order valence-corrected chi connectivity index (χ3v) is 2.86.